The van der Waals surface area contributed by atoms with Crippen molar-refractivity contribution in [2.24, 2.45) is 11.3 Å². The molecule has 1 aromatic carbocycles. The first-order valence-corrected chi connectivity index (χ1v) is 11.5. The van der Waals surface area contributed by atoms with Crippen LogP contribution in [-0.2, 0) is 14.8 Å². The number of benzene rings is 1. The van der Waals surface area contributed by atoms with Crippen molar-refractivity contribution >= 4 is 15.8 Å². The van der Waals surface area contributed by atoms with Crippen molar-refractivity contribution in [2.75, 3.05) is 6.54 Å². The summed E-state index contributed by atoms with van der Waals surface area (Å²) >= 11 is 0. The van der Waals surface area contributed by atoms with Crippen molar-refractivity contribution in [1.29, 1.82) is 0 Å². The summed E-state index contributed by atoms with van der Waals surface area (Å²) in [6.45, 7) is 6.40. The van der Waals surface area contributed by atoms with Crippen molar-refractivity contribution in [2.45, 2.75) is 70.2 Å². The average molecular weight is 388 g/mol. The topological polar surface area (TPSA) is 54.5 Å². The monoisotopic (exact) mass is 387 g/mol. The fourth-order valence-electron chi connectivity index (χ4n) is 5.53. The Morgan fingerprint density at radius 2 is 1.81 bits per heavy atom. The van der Waals surface area contributed by atoms with Crippen molar-refractivity contribution in [3.05, 3.63) is 41.0 Å². The lowest BCUT2D eigenvalue weighted by Crippen LogP contribution is -2.50. The molecule has 5 heteroatoms. The number of hydrogen-bond acceptors (Lipinski definition) is 3. The van der Waals surface area contributed by atoms with Crippen molar-refractivity contribution in [3.63, 3.8) is 0 Å². The molecule has 0 N–H and O–H groups in total. The number of rotatable bonds is 2. The number of aryl methyl sites for hydroxylation is 1. The highest BCUT2D eigenvalue weighted by Gasteiger charge is 2.56. The van der Waals surface area contributed by atoms with Gasteiger partial charge in [-0.3, -0.25) is 4.79 Å². The fourth-order valence-corrected chi connectivity index (χ4v) is 7.29. The van der Waals surface area contributed by atoms with Gasteiger partial charge in [0.15, 0.2) is 0 Å². The van der Waals surface area contributed by atoms with Crippen LogP contribution < -0.4 is 0 Å². The van der Waals surface area contributed by atoms with Gasteiger partial charge in [-0.25, -0.2) is 8.42 Å². The minimum absolute atomic E-state index is 0.0663. The smallest absolute Gasteiger partial charge is 0.243 e. The Bertz CT molecular complexity index is 896. The molecule has 2 bridgehead atoms. The molecule has 1 spiro atoms. The Labute approximate surface area is 162 Å². The number of ketones is 1. The molecule has 2 heterocycles. The third-order valence-electron chi connectivity index (χ3n) is 6.97. The average Bonchev–Trinajstić information content (AvgIpc) is 2.85. The molecule has 4 aliphatic rings. The molecule has 2 aliphatic carbocycles. The third kappa shape index (κ3) is 2.99. The van der Waals surface area contributed by atoms with E-state index in [2.05, 4.69) is 13.8 Å². The second-order valence-electron chi connectivity index (χ2n) is 8.91. The van der Waals surface area contributed by atoms with Gasteiger partial charge < -0.3 is 0 Å². The molecule has 2 saturated heterocycles. The molecule has 3 atom stereocenters. The Hall–Kier alpha value is -1.46. The number of allylic oxidation sites excluding steroid dienone is 1. The maximum Gasteiger partial charge on any atom is 0.243 e. The molecule has 0 radical (unpaired) electrons. The van der Waals surface area contributed by atoms with Gasteiger partial charge in [-0.05, 0) is 57.6 Å². The van der Waals surface area contributed by atoms with E-state index in [1.807, 2.05) is 19.1 Å². The Kier molecular flexibility index (Phi) is 4.59. The first-order valence-electron chi connectivity index (χ1n) is 10.0. The van der Waals surface area contributed by atoms with Gasteiger partial charge in [0, 0.05) is 19.0 Å². The Balaban J connectivity index is 1.85. The number of fused-ring (bicyclic) bond motifs is 3. The van der Waals surface area contributed by atoms with E-state index in [4.69, 9.17) is 0 Å². The van der Waals surface area contributed by atoms with Crippen LogP contribution in [0, 0.1) is 18.3 Å². The molecule has 3 unspecified atom stereocenters. The summed E-state index contributed by atoms with van der Waals surface area (Å²) in [7, 11) is -3.62. The largest absolute Gasteiger partial charge is 0.299 e. The first-order chi connectivity index (χ1) is 12.7. The third-order valence-corrected chi connectivity index (χ3v) is 8.86. The van der Waals surface area contributed by atoms with Gasteiger partial charge in [0.1, 0.15) is 5.78 Å². The minimum Gasteiger partial charge on any atom is -0.299 e. The van der Waals surface area contributed by atoms with Crippen LogP contribution in [-0.4, -0.2) is 31.1 Å². The maximum absolute atomic E-state index is 13.6. The van der Waals surface area contributed by atoms with Gasteiger partial charge in [-0.15, -0.1) is 0 Å². The van der Waals surface area contributed by atoms with E-state index in [0.29, 0.717) is 17.9 Å². The van der Waals surface area contributed by atoms with Crippen LogP contribution in [0.5, 0.6) is 0 Å². The second kappa shape index (κ2) is 6.56. The van der Waals surface area contributed by atoms with Crippen LogP contribution in [0.1, 0.15) is 57.9 Å². The summed E-state index contributed by atoms with van der Waals surface area (Å²) in [6.07, 6.45) is 5.36. The van der Waals surface area contributed by atoms with E-state index in [1.54, 1.807) is 16.4 Å². The molecule has 27 heavy (non-hydrogen) atoms. The van der Waals surface area contributed by atoms with E-state index in [9.17, 15) is 13.2 Å². The number of Topliss-reactive ketones (excluding diaryl/α,β-unsaturated/α-hetero) is 1. The molecule has 5 rings (SSSR count). The summed E-state index contributed by atoms with van der Waals surface area (Å²) in [4.78, 5) is 13.4. The number of nitrogens with zero attached hydrogens (tertiary/aromatic N) is 1. The molecular weight excluding hydrogens is 358 g/mol. The fraction of sp³-hybridized carbons (Fsp3) is 0.591. The zero-order chi connectivity index (χ0) is 19.4. The predicted octanol–water partition coefficient (Wildman–Crippen LogP) is 4.24. The highest BCUT2D eigenvalue weighted by atomic mass is 32.2. The second-order valence-corrected chi connectivity index (χ2v) is 10.8. The van der Waals surface area contributed by atoms with E-state index < -0.39 is 10.0 Å². The lowest BCUT2D eigenvalue weighted by Gasteiger charge is -2.47. The number of sulfonamides is 1. The highest BCUT2D eigenvalue weighted by molar-refractivity contribution is 7.89. The SMILES string of the molecule is CC(C)=C1CC23CCCCC2N(S(=O)(=O)c2ccc(C)cc2)CC1C(=O)C3. The van der Waals surface area contributed by atoms with Crippen molar-refractivity contribution < 1.29 is 13.2 Å². The van der Waals surface area contributed by atoms with Crippen LogP contribution >= 0.6 is 0 Å². The summed E-state index contributed by atoms with van der Waals surface area (Å²) in [5, 5.41) is 0. The number of carbonyl (C=O) groups excluding carboxylic acids is 1. The molecule has 4 fully saturated rings. The first kappa shape index (κ1) is 18.9. The molecule has 0 aromatic heterocycles. The number of carbonyl (C=O) groups is 1. The summed E-state index contributed by atoms with van der Waals surface area (Å²) < 4.78 is 28.9. The molecular formula is C22H29NO3S. The zero-order valence-electron chi connectivity index (χ0n) is 16.5. The molecule has 4 nitrogen and oxygen atoms in total. The number of hydrogen-bond donors (Lipinski definition) is 0. The molecule has 146 valence electrons. The van der Waals surface area contributed by atoms with Gasteiger partial charge in [0.05, 0.1) is 10.8 Å². The van der Waals surface area contributed by atoms with Crippen molar-refractivity contribution in [1.82, 2.24) is 4.31 Å². The molecule has 1 aromatic rings. The predicted molar refractivity (Wildman–Crippen MR) is 106 cm³/mol. The summed E-state index contributed by atoms with van der Waals surface area (Å²) in [5.74, 6) is -0.0302. The van der Waals surface area contributed by atoms with Crippen LogP contribution in [0.4, 0.5) is 0 Å². The lowest BCUT2D eigenvalue weighted by molar-refractivity contribution is -0.125. The van der Waals surface area contributed by atoms with Crippen LogP contribution in [0.15, 0.2) is 40.3 Å². The molecule has 2 saturated carbocycles. The normalized spacial score (nSPS) is 31.5. The van der Waals surface area contributed by atoms with Crippen LogP contribution in [0.25, 0.3) is 0 Å². The zero-order valence-corrected chi connectivity index (χ0v) is 17.3. The highest BCUT2D eigenvalue weighted by Crippen LogP contribution is 2.55. The van der Waals surface area contributed by atoms with E-state index in [1.165, 1.54) is 11.1 Å². The Morgan fingerprint density at radius 3 is 2.48 bits per heavy atom. The van der Waals surface area contributed by atoms with Crippen molar-refractivity contribution in [3.8, 4) is 0 Å². The Morgan fingerprint density at radius 1 is 1.11 bits per heavy atom. The lowest BCUT2D eigenvalue weighted by atomic mass is 9.60. The quantitative estimate of drug-likeness (QED) is 0.713. The van der Waals surface area contributed by atoms with E-state index in [-0.39, 0.29) is 23.2 Å². The van der Waals surface area contributed by atoms with E-state index >= 15 is 0 Å². The summed E-state index contributed by atoms with van der Waals surface area (Å²) in [6, 6.07) is 7.04. The summed E-state index contributed by atoms with van der Waals surface area (Å²) in [5.41, 5.74) is 3.21. The van der Waals surface area contributed by atoms with Gasteiger partial charge >= 0.3 is 0 Å². The molecule has 2 aliphatic heterocycles. The van der Waals surface area contributed by atoms with Crippen LogP contribution in [0.2, 0.25) is 0 Å². The van der Waals surface area contributed by atoms with Gasteiger partial charge in [0.2, 0.25) is 10.0 Å². The van der Waals surface area contributed by atoms with E-state index in [0.717, 1.165) is 37.7 Å². The van der Waals surface area contributed by atoms with Gasteiger partial charge in [0.25, 0.3) is 0 Å². The van der Waals surface area contributed by atoms with Gasteiger partial charge in [-0.2, -0.15) is 4.31 Å². The molecule has 0 amide bonds. The minimum atomic E-state index is -3.62. The standard InChI is InChI=1S/C22H29NO3S/c1-15(2)18-12-22-11-5-4-6-21(22)23(14-19(18)20(24)13-22)27(25,26)17-9-7-16(3)8-10-17/h7-10,19,21H,4-6,11-14H2,1-3H3. The van der Waals surface area contributed by atoms with Crippen LogP contribution in [0.3, 0.4) is 0 Å². The van der Waals surface area contributed by atoms with Gasteiger partial charge in [-0.1, -0.05) is 41.7 Å². The maximum atomic E-state index is 13.6.